The van der Waals surface area contributed by atoms with Gasteiger partial charge >= 0.3 is 0 Å². The molecule has 1 aliphatic heterocycles. The molecule has 4 nitrogen and oxygen atoms in total. The van der Waals surface area contributed by atoms with E-state index in [2.05, 4.69) is 77.8 Å². The number of hydrogen-bond donors (Lipinski definition) is 2. The van der Waals surface area contributed by atoms with Crippen molar-refractivity contribution in [2.45, 2.75) is 31.8 Å². The molecule has 1 heterocycles. The molecule has 0 bridgehead atoms. The minimum atomic E-state index is -0.236. The van der Waals surface area contributed by atoms with Gasteiger partial charge in [-0.1, -0.05) is 60.7 Å². The topological polar surface area (TPSA) is 47.9 Å². The fourth-order valence-electron chi connectivity index (χ4n) is 3.56. The molecule has 3 rings (SSSR count). The highest BCUT2D eigenvalue weighted by Crippen LogP contribution is 2.27. The number of aliphatic imine (C=N–C) groups is 1. The summed E-state index contributed by atoms with van der Waals surface area (Å²) in [6, 6.07) is 21.3. The van der Waals surface area contributed by atoms with Gasteiger partial charge in [-0.05, 0) is 30.9 Å². The van der Waals surface area contributed by atoms with E-state index >= 15 is 0 Å². The van der Waals surface area contributed by atoms with Gasteiger partial charge in [0.1, 0.15) is 0 Å². The molecular weight excluding hydrogens is 449 g/mol. The van der Waals surface area contributed by atoms with E-state index < -0.39 is 0 Å². The first kappa shape index (κ1) is 21.7. The van der Waals surface area contributed by atoms with Gasteiger partial charge in [-0.2, -0.15) is 0 Å². The Morgan fingerprint density at radius 2 is 1.70 bits per heavy atom. The van der Waals surface area contributed by atoms with E-state index in [9.17, 15) is 5.11 Å². The second-order valence-electron chi connectivity index (χ2n) is 6.79. The molecule has 1 aliphatic rings. The van der Waals surface area contributed by atoms with Crippen molar-refractivity contribution >= 4 is 29.9 Å². The summed E-state index contributed by atoms with van der Waals surface area (Å²) in [5.74, 6) is 1.26. The number of nitrogens with zero attached hydrogens (tertiary/aromatic N) is 2. The Morgan fingerprint density at radius 1 is 1.11 bits per heavy atom. The van der Waals surface area contributed by atoms with Crippen LogP contribution in [-0.4, -0.2) is 48.2 Å². The van der Waals surface area contributed by atoms with Gasteiger partial charge in [0.2, 0.25) is 0 Å². The minimum Gasteiger partial charge on any atom is -0.391 e. The number of hydrogen-bond acceptors (Lipinski definition) is 2. The van der Waals surface area contributed by atoms with Crippen molar-refractivity contribution in [1.29, 1.82) is 0 Å². The molecule has 0 aliphatic carbocycles. The molecule has 0 amide bonds. The highest BCUT2D eigenvalue weighted by atomic mass is 127. The van der Waals surface area contributed by atoms with Crippen LogP contribution < -0.4 is 5.32 Å². The van der Waals surface area contributed by atoms with E-state index in [1.807, 2.05) is 0 Å². The molecule has 146 valence electrons. The van der Waals surface area contributed by atoms with E-state index in [-0.39, 0.29) is 30.1 Å². The number of halogens is 1. The van der Waals surface area contributed by atoms with E-state index in [0.717, 1.165) is 38.4 Å². The Morgan fingerprint density at radius 3 is 2.19 bits per heavy atom. The number of nitrogens with one attached hydrogen (secondary N) is 1. The Balaban J connectivity index is 0.00000261. The smallest absolute Gasteiger partial charge is 0.194 e. The summed E-state index contributed by atoms with van der Waals surface area (Å²) in [5, 5.41) is 13.2. The third-order valence-corrected chi connectivity index (χ3v) is 4.88. The van der Waals surface area contributed by atoms with Crippen LogP contribution in [0.2, 0.25) is 0 Å². The molecule has 0 unspecified atom stereocenters. The predicted molar refractivity (Wildman–Crippen MR) is 123 cm³/mol. The van der Waals surface area contributed by atoms with Crippen molar-refractivity contribution in [2.75, 3.05) is 26.2 Å². The second-order valence-corrected chi connectivity index (χ2v) is 6.79. The number of β-amino-alcohol motifs (C(OH)–C–C–N with tert-alkyl or cyclic N) is 1. The highest BCUT2D eigenvalue weighted by Gasteiger charge is 2.23. The minimum absolute atomic E-state index is 0. The molecule has 2 aromatic rings. The van der Waals surface area contributed by atoms with Gasteiger partial charge in [-0.3, -0.25) is 4.99 Å². The zero-order chi connectivity index (χ0) is 18.2. The molecule has 0 saturated carbocycles. The average Bonchev–Trinajstić information content (AvgIpc) is 3.12. The van der Waals surface area contributed by atoms with Crippen molar-refractivity contribution in [3.63, 3.8) is 0 Å². The molecule has 1 fully saturated rings. The second kappa shape index (κ2) is 11.3. The van der Waals surface area contributed by atoms with Gasteiger partial charge in [0.25, 0.3) is 0 Å². The molecule has 1 atom stereocenters. The SMILES string of the molecule is CCNC(=NCCC(c1ccccc1)c1ccccc1)N1CC[C@@H](O)C1.I. The quantitative estimate of drug-likeness (QED) is 0.376. The van der Waals surface area contributed by atoms with Crippen molar-refractivity contribution in [3.8, 4) is 0 Å². The van der Waals surface area contributed by atoms with Crippen LogP contribution in [-0.2, 0) is 0 Å². The summed E-state index contributed by atoms with van der Waals surface area (Å²) in [5.41, 5.74) is 2.66. The molecule has 0 spiro atoms. The van der Waals surface area contributed by atoms with Crippen LogP contribution in [0.3, 0.4) is 0 Å². The van der Waals surface area contributed by atoms with Crippen molar-refractivity contribution in [1.82, 2.24) is 10.2 Å². The highest BCUT2D eigenvalue weighted by molar-refractivity contribution is 14.0. The first-order valence-corrected chi connectivity index (χ1v) is 9.59. The van der Waals surface area contributed by atoms with Crippen LogP contribution in [0.1, 0.15) is 36.8 Å². The summed E-state index contributed by atoms with van der Waals surface area (Å²) >= 11 is 0. The summed E-state index contributed by atoms with van der Waals surface area (Å²) in [7, 11) is 0. The van der Waals surface area contributed by atoms with Crippen LogP contribution in [0.25, 0.3) is 0 Å². The largest absolute Gasteiger partial charge is 0.391 e. The lowest BCUT2D eigenvalue weighted by Gasteiger charge is -2.22. The van der Waals surface area contributed by atoms with Gasteiger partial charge in [0.15, 0.2) is 5.96 Å². The monoisotopic (exact) mass is 479 g/mol. The molecular formula is C22H30IN3O. The van der Waals surface area contributed by atoms with Gasteiger partial charge in [-0.25, -0.2) is 0 Å². The van der Waals surface area contributed by atoms with Crippen LogP contribution in [0.5, 0.6) is 0 Å². The number of rotatable bonds is 6. The number of likely N-dealkylation sites (tertiary alicyclic amines) is 1. The lowest BCUT2D eigenvalue weighted by Crippen LogP contribution is -2.40. The Bertz CT molecular complexity index is 654. The van der Waals surface area contributed by atoms with Crippen LogP contribution in [0, 0.1) is 0 Å². The molecule has 27 heavy (non-hydrogen) atoms. The van der Waals surface area contributed by atoms with E-state index in [1.165, 1.54) is 11.1 Å². The van der Waals surface area contributed by atoms with Crippen LogP contribution in [0.4, 0.5) is 0 Å². The zero-order valence-corrected chi connectivity index (χ0v) is 18.3. The molecule has 0 radical (unpaired) electrons. The summed E-state index contributed by atoms with van der Waals surface area (Å²) in [4.78, 5) is 7.00. The maximum Gasteiger partial charge on any atom is 0.194 e. The molecule has 2 aromatic carbocycles. The molecule has 1 saturated heterocycles. The maximum absolute atomic E-state index is 9.80. The predicted octanol–water partition coefficient (Wildman–Crippen LogP) is 3.86. The van der Waals surface area contributed by atoms with Gasteiger partial charge in [-0.15, -0.1) is 24.0 Å². The van der Waals surface area contributed by atoms with Crippen molar-refractivity contribution in [2.24, 2.45) is 4.99 Å². The van der Waals surface area contributed by atoms with Gasteiger partial charge in [0, 0.05) is 32.1 Å². The van der Waals surface area contributed by atoms with E-state index in [1.54, 1.807) is 0 Å². The molecule has 2 N–H and O–H groups in total. The Labute approximate surface area is 179 Å². The fraction of sp³-hybridized carbons (Fsp3) is 0.409. The van der Waals surface area contributed by atoms with Gasteiger partial charge in [0.05, 0.1) is 6.10 Å². The van der Waals surface area contributed by atoms with Crippen LogP contribution in [0.15, 0.2) is 65.7 Å². The number of aliphatic hydroxyl groups excluding tert-OH is 1. The van der Waals surface area contributed by atoms with E-state index in [0.29, 0.717) is 12.5 Å². The average molecular weight is 479 g/mol. The maximum atomic E-state index is 9.80. The molecule has 0 aromatic heterocycles. The van der Waals surface area contributed by atoms with E-state index in [4.69, 9.17) is 4.99 Å². The lowest BCUT2D eigenvalue weighted by molar-refractivity contribution is 0.188. The Hall–Kier alpha value is -1.60. The van der Waals surface area contributed by atoms with Gasteiger partial charge < -0.3 is 15.3 Å². The normalized spacial score (nSPS) is 17.1. The summed E-state index contributed by atoms with van der Waals surface area (Å²) in [6.45, 7) is 5.22. The van der Waals surface area contributed by atoms with Crippen molar-refractivity contribution in [3.05, 3.63) is 71.8 Å². The Kier molecular flexibility index (Phi) is 9.07. The van der Waals surface area contributed by atoms with Crippen LogP contribution >= 0.6 is 24.0 Å². The summed E-state index contributed by atoms with van der Waals surface area (Å²) < 4.78 is 0. The lowest BCUT2D eigenvalue weighted by atomic mass is 9.89. The fourth-order valence-corrected chi connectivity index (χ4v) is 3.56. The first-order valence-electron chi connectivity index (χ1n) is 9.59. The summed E-state index contributed by atoms with van der Waals surface area (Å²) in [6.07, 6.45) is 1.54. The third kappa shape index (κ3) is 6.21. The number of guanidine groups is 1. The molecule has 5 heteroatoms. The first-order chi connectivity index (χ1) is 12.8. The van der Waals surface area contributed by atoms with Crippen molar-refractivity contribution < 1.29 is 5.11 Å². The standard InChI is InChI=1S/C22H29N3O.HI/c1-2-23-22(25-16-14-20(26)17-25)24-15-13-21(18-9-5-3-6-10-18)19-11-7-4-8-12-19;/h3-12,20-21,26H,2,13-17H2,1H3,(H,23,24);1H/t20-;/m1./s1. The number of benzene rings is 2. The number of aliphatic hydroxyl groups is 1. The zero-order valence-electron chi connectivity index (χ0n) is 15.9. The third-order valence-electron chi connectivity index (χ3n) is 4.88.